The lowest BCUT2D eigenvalue weighted by molar-refractivity contribution is -0.255. The summed E-state index contributed by atoms with van der Waals surface area (Å²) < 4.78 is 38.6. The first kappa shape index (κ1) is 19.6. The van der Waals surface area contributed by atoms with Crippen LogP contribution in [0.15, 0.2) is 29.2 Å². The van der Waals surface area contributed by atoms with Gasteiger partial charge >= 0.3 is 0 Å². The van der Waals surface area contributed by atoms with Crippen LogP contribution in [0.25, 0.3) is 0 Å². The third-order valence-electron chi connectivity index (χ3n) is 4.12. The van der Waals surface area contributed by atoms with E-state index in [1.54, 1.807) is 26.8 Å². The van der Waals surface area contributed by atoms with Gasteiger partial charge in [0.1, 0.15) is 0 Å². The van der Waals surface area contributed by atoms with Crippen LogP contribution in [-0.4, -0.2) is 28.6 Å². The van der Waals surface area contributed by atoms with Crippen LogP contribution in [0.3, 0.4) is 0 Å². The van der Waals surface area contributed by atoms with Crippen molar-refractivity contribution in [2.24, 2.45) is 0 Å². The van der Waals surface area contributed by atoms with Gasteiger partial charge in [0.05, 0.1) is 30.8 Å². The van der Waals surface area contributed by atoms with Gasteiger partial charge in [0, 0.05) is 6.07 Å². The number of hydrogen-bond donors (Lipinski definition) is 1. The minimum atomic E-state index is -4.03. The number of methoxy groups -OCH3 is 2. The lowest BCUT2D eigenvalue weighted by atomic mass is 10.1. The molecule has 0 aliphatic carbocycles. The number of aryl methyl sites for hydroxylation is 2. The highest BCUT2D eigenvalue weighted by molar-refractivity contribution is 7.92. The Hall–Kier alpha value is -2.74. The Morgan fingerprint density at radius 3 is 2.08 bits per heavy atom. The van der Waals surface area contributed by atoms with Crippen molar-refractivity contribution in [3.05, 3.63) is 46.5 Å². The molecule has 7 nitrogen and oxygen atoms in total. The van der Waals surface area contributed by atoms with Crippen LogP contribution in [-0.2, 0) is 10.0 Å². The van der Waals surface area contributed by atoms with E-state index in [2.05, 4.69) is 4.72 Å². The average molecular weight is 378 g/mol. The normalized spacial score (nSPS) is 11.1. The van der Waals surface area contributed by atoms with Crippen LogP contribution in [0.1, 0.15) is 27.0 Å². The van der Waals surface area contributed by atoms with Gasteiger partial charge in [-0.05, 0) is 61.2 Å². The lowest BCUT2D eigenvalue weighted by Gasteiger charge is -2.17. The highest BCUT2D eigenvalue weighted by Crippen LogP contribution is 2.34. The molecule has 2 aromatic carbocycles. The summed E-state index contributed by atoms with van der Waals surface area (Å²) in [5.41, 5.74) is 1.73. The van der Waals surface area contributed by atoms with Gasteiger partial charge in [0.25, 0.3) is 10.0 Å². The summed E-state index contributed by atoms with van der Waals surface area (Å²) in [5, 5.41) is 11.2. The first-order chi connectivity index (χ1) is 12.1. The monoisotopic (exact) mass is 378 g/mol. The van der Waals surface area contributed by atoms with E-state index in [4.69, 9.17) is 9.47 Å². The molecule has 0 spiro atoms. The van der Waals surface area contributed by atoms with Crippen LogP contribution >= 0.6 is 0 Å². The van der Waals surface area contributed by atoms with Gasteiger partial charge < -0.3 is 19.4 Å². The summed E-state index contributed by atoms with van der Waals surface area (Å²) in [7, 11) is -1.10. The fourth-order valence-electron chi connectivity index (χ4n) is 2.51. The van der Waals surface area contributed by atoms with E-state index in [1.807, 2.05) is 0 Å². The van der Waals surface area contributed by atoms with E-state index in [9.17, 15) is 18.3 Å². The summed E-state index contributed by atoms with van der Waals surface area (Å²) in [6, 6.07) is 5.63. The van der Waals surface area contributed by atoms with E-state index in [1.165, 1.54) is 26.4 Å². The van der Waals surface area contributed by atoms with Crippen LogP contribution in [0, 0.1) is 20.8 Å². The van der Waals surface area contributed by atoms with Gasteiger partial charge in [-0.25, -0.2) is 8.42 Å². The standard InChI is InChI=1S/C18H21NO6S/c1-10-6-13(18(20)21)8-17(12(10)3)26(22,23)19-14-9-16(25-5)15(24-4)7-11(14)2/h6-9,19H,1-5H3,(H,20,21)/p-1. The zero-order valence-corrected chi connectivity index (χ0v) is 16.0. The van der Waals surface area contributed by atoms with Crippen LogP contribution in [0.2, 0.25) is 0 Å². The van der Waals surface area contributed by atoms with E-state index in [0.717, 1.165) is 6.07 Å². The Labute approximate surface area is 152 Å². The SMILES string of the molecule is COc1cc(C)c(NS(=O)(=O)c2cc(C(=O)[O-])cc(C)c2C)cc1OC. The highest BCUT2D eigenvalue weighted by Gasteiger charge is 2.21. The van der Waals surface area contributed by atoms with Crippen LogP contribution in [0.5, 0.6) is 11.5 Å². The number of carbonyl (C=O) groups is 1. The Balaban J connectivity index is 2.55. The Morgan fingerprint density at radius 1 is 0.962 bits per heavy atom. The number of carboxylic acid groups (broad SMARTS) is 1. The molecule has 1 N–H and O–H groups in total. The van der Waals surface area contributed by atoms with E-state index >= 15 is 0 Å². The second-order valence-electron chi connectivity index (χ2n) is 5.83. The maximum Gasteiger partial charge on any atom is 0.262 e. The Bertz CT molecular complexity index is 966. The molecule has 0 radical (unpaired) electrons. The molecule has 2 aromatic rings. The molecule has 2 rings (SSSR count). The maximum absolute atomic E-state index is 12.9. The largest absolute Gasteiger partial charge is 0.545 e. The molecular formula is C18H20NO6S-. The second kappa shape index (κ2) is 7.25. The average Bonchev–Trinajstić information content (AvgIpc) is 2.57. The minimum Gasteiger partial charge on any atom is -0.545 e. The predicted molar refractivity (Wildman–Crippen MR) is 95.3 cm³/mol. The number of ether oxygens (including phenoxy) is 2. The molecule has 0 aromatic heterocycles. The molecule has 26 heavy (non-hydrogen) atoms. The van der Waals surface area contributed by atoms with Crippen molar-refractivity contribution in [2.45, 2.75) is 25.7 Å². The first-order valence-corrected chi connectivity index (χ1v) is 9.17. The summed E-state index contributed by atoms with van der Waals surface area (Å²) in [4.78, 5) is 11.0. The number of anilines is 1. The number of sulfonamides is 1. The van der Waals surface area contributed by atoms with Gasteiger partial charge in [-0.2, -0.15) is 0 Å². The van der Waals surface area contributed by atoms with Crippen molar-refractivity contribution in [1.82, 2.24) is 0 Å². The summed E-state index contributed by atoms with van der Waals surface area (Å²) >= 11 is 0. The number of rotatable bonds is 6. The summed E-state index contributed by atoms with van der Waals surface area (Å²) in [6.45, 7) is 4.97. The third-order valence-corrected chi connectivity index (χ3v) is 5.61. The highest BCUT2D eigenvalue weighted by atomic mass is 32.2. The van der Waals surface area contributed by atoms with Gasteiger partial charge in [0.2, 0.25) is 0 Å². The van der Waals surface area contributed by atoms with Crippen LogP contribution < -0.4 is 19.3 Å². The van der Waals surface area contributed by atoms with Crippen molar-refractivity contribution < 1.29 is 27.8 Å². The summed E-state index contributed by atoms with van der Waals surface area (Å²) in [6.07, 6.45) is 0. The maximum atomic E-state index is 12.9. The van der Waals surface area contributed by atoms with E-state index < -0.39 is 16.0 Å². The number of carbonyl (C=O) groups excluding carboxylic acids is 1. The second-order valence-corrected chi connectivity index (χ2v) is 7.48. The van der Waals surface area contributed by atoms with Crippen molar-refractivity contribution in [3.8, 4) is 11.5 Å². The molecule has 0 saturated heterocycles. The first-order valence-electron chi connectivity index (χ1n) is 7.68. The van der Waals surface area contributed by atoms with E-state index in [-0.39, 0.29) is 10.5 Å². The smallest absolute Gasteiger partial charge is 0.262 e. The number of hydrogen-bond acceptors (Lipinski definition) is 6. The number of nitrogens with one attached hydrogen (secondary N) is 1. The number of carboxylic acids is 1. The predicted octanol–water partition coefficient (Wildman–Crippen LogP) is 1.79. The fourth-order valence-corrected chi connectivity index (χ4v) is 3.98. The fraction of sp³-hybridized carbons (Fsp3) is 0.278. The molecule has 0 aliphatic rings. The molecule has 0 heterocycles. The third kappa shape index (κ3) is 3.75. The molecule has 0 atom stereocenters. The summed E-state index contributed by atoms with van der Waals surface area (Å²) in [5.74, 6) is -0.599. The van der Waals surface area contributed by atoms with E-state index in [0.29, 0.717) is 33.9 Å². The van der Waals surface area contributed by atoms with Gasteiger partial charge in [0.15, 0.2) is 11.5 Å². The van der Waals surface area contributed by atoms with Crippen molar-refractivity contribution in [2.75, 3.05) is 18.9 Å². The number of benzene rings is 2. The molecule has 0 aliphatic heterocycles. The molecule has 0 saturated carbocycles. The number of aromatic carboxylic acids is 1. The molecule has 140 valence electrons. The molecule has 8 heteroatoms. The molecule has 0 amide bonds. The topological polar surface area (TPSA) is 105 Å². The minimum absolute atomic E-state index is 0.120. The van der Waals surface area contributed by atoms with Gasteiger partial charge in [-0.1, -0.05) is 0 Å². The molecule has 0 bridgehead atoms. The zero-order valence-electron chi connectivity index (χ0n) is 15.2. The van der Waals surface area contributed by atoms with Crippen molar-refractivity contribution >= 4 is 21.7 Å². The molecule has 0 fully saturated rings. The Morgan fingerprint density at radius 2 is 1.54 bits per heavy atom. The van der Waals surface area contributed by atoms with Crippen LogP contribution in [0.4, 0.5) is 5.69 Å². The van der Waals surface area contributed by atoms with Crippen molar-refractivity contribution in [3.63, 3.8) is 0 Å². The van der Waals surface area contributed by atoms with Gasteiger partial charge in [-0.15, -0.1) is 0 Å². The van der Waals surface area contributed by atoms with Crippen molar-refractivity contribution in [1.29, 1.82) is 0 Å². The lowest BCUT2D eigenvalue weighted by Crippen LogP contribution is -2.24. The Kier molecular flexibility index (Phi) is 5.46. The quantitative estimate of drug-likeness (QED) is 0.822. The van der Waals surface area contributed by atoms with Gasteiger partial charge in [-0.3, -0.25) is 4.72 Å². The zero-order chi connectivity index (χ0) is 19.6. The molecular weight excluding hydrogens is 358 g/mol. The molecule has 0 unspecified atom stereocenters.